The molecule has 0 saturated heterocycles. The molecule has 2 rings (SSSR count). The van der Waals surface area contributed by atoms with Crippen LogP contribution in [-0.2, 0) is 0 Å². The molecular weight excluding hydrogens is 337 g/mol. The molecule has 98 valence electrons. The normalized spacial score (nSPS) is 10.3. The van der Waals surface area contributed by atoms with Crippen molar-refractivity contribution < 1.29 is 9.18 Å². The van der Waals surface area contributed by atoms with Crippen molar-refractivity contribution in [2.75, 3.05) is 5.32 Å². The summed E-state index contributed by atoms with van der Waals surface area (Å²) in [6.45, 7) is 1.66. The lowest BCUT2D eigenvalue weighted by molar-refractivity contribution is 0.112. The number of hydrogen-bond donors (Lipinski definition) is 1. The number of aromatic nitrogens is 2. The number of nitrogens with one attached hydrogen (secondary N) is 1. The average molecular weight is 345 g/mol. The van der Waals surface area contributed by atoms with Crippen molar-refractivity contribution in [3.05, 3.63) is 45.0 Å². The molecule has 1 aromatic carbocycles. The van der Waals surface area contributed by atoms with Crippen LogP contribution in [0, 0.1) is 12.7 Å². The quantitative estimate of drug-likeness (QED) is 0.678. The molecule has 19 heavy (non-hydrogen) atoms. The van der Waals surface area contributed by atoms with Gasteiger partial charge in [-0.25, -0.2) is 14.4 Å². The molecule has 4 nitrogen and oxygen atoms in total. The predicted molar refractivity (Wildman–Crippen MR) is 74.5 cm³/mol. The van der Waals surface area contributed by atoms with Crippen molar-refractivity contribution in [3.63, 3.8) is 0 Å². The Morgan fingerprint density at radius 1 is 1.42 bits per heavy atom. The van der Waals surface area contributed by atoms with Crippen LogP contribution in [-0.4, -0.2) is 16.3 Å². The molecule has 0 amide bonds. The van der Waals surface area contributed by atoms with Gasteiger partial charge >= 0.3 is 0 Å². The molecule has 0 aliphatic carbocycles. The molecule has 0 aliphatic heterocycles. The Kier molecular flexibility index (Phi) is 4.11. The van der Waals surface area contributed by atoms with E-state index in [0.29, 0.717) is 22.3 Å². The highest BCUT2D eigenvalue weighted by Crippen LogP contribution is 2.28. The van der Waals surface area contributed by atoms with E-state index in [0.717, 1.165) is 0 Å². The predicted octanol–water partition coefficient (Wildman–Crippen LogP) is 3.90. The van der Waals surface area contributed by atoms with Gasteiger partial charge in [0.1, 0.15) is 22.6 Å². The molecular formula is C12H8BrClFN3O. The first-order valence-corrected chi connectivity index (χ1v) is 6.39. The maximum atomic E-state index is 13.0. The zero-order valence-corrected chi connectivity index (χ0v) is 12.1. The molecule has 0 spiro atoms. The Morgan fingerprint density at radius 2 is 2.16 bits per heavy atom. The van der Waals surface area contributed by atoms with Crippen LogP contribution in [0.2, 0.25) is 5.15 Å². The topological polar surface area (TPSA) is 54.9 Å². The third-order valence-electron chi connectivity index (χ3n) is 2.31. The van der Waals surface area contributed by atoms with E-state index in [1.165, 1.54) is 18.2 Å². The Balaban J connectivity index is 2.45. The monoisotopic (exact) mass is 343 g/mol. The van der Waals surface area contributed by atoms with Crippen molar-refractivity contribution in [3.8, 4) is 0 Å². The second-order valence-corrected chi connectivity index (χ2v) is 4.90. The molecule has 0 fully saturated rings. The first kappa shape index (κ1) is 13.9. The Labute approximate surface area is 122 Å². The lowest BCUT2D eigenvalue weighted by Gasteiger charge is -2.11. The Hall–Kier alpha value is -1.53. The van der Waals surface area contributed by atoms with E-state index in [-0.39, 0.29) is 22.4 Å². The second kappa shape index (κ2) is 5.63. The zero-order chi connectivity index (χ0) is 14.0. The largest absolute Gasteiger partial charge is 0.339 e. The number of nitrogens with zero attached hydrogens (tertiary/aromatic N) is 2. The zero-order valence-electron chi connectivity index (χ0n) is 9.75. The number of aryl methyl sites for hydroxylation is 1. The van der Waals surface area contributed by atoms with E-state index < -0.39 is 0 Å². The molecule has 0 aliphatic rings. The highest BCUT2D eigenvalue weighted by Gasteiger charge is 2.12. The standard InChI is InChI=1S/C12H8BrClFN3O/c1-6-16-11(14)8(5-19)12(17-6)18-10-3-2-7(15)4-9(10)13/h2-5H,1H3,(H,16,17,18). The van der Waals surface area contributed by atoms with E-state index in [4.69, 9.17) is 11.6 Å². The summed E-state index contributed by atoms with van der Waals surface area (Å²) >= 11 is 9.09. The summed E-state index contributed by atoms with van der Waals surface area (Å²) in [4.78, 5) is 19.0. The number of benzene rings is 1. The maximum Gasteiger partial charge on any atom is 0.156 e. The van der Waals surface area contributed by atoms with Crippen molar-refractivity contribution in [2.24, 2.45) is 0 Å². The van der Waals surface area contributed by atoms with E-state index in [9.17, 15) is 9.18 Å². The van der Waals surface area contributed by atoms with Gasteiger partial charge in [-0.2, -0.15) is 0 Å². The van der Waals surface area contributed by atoms with Gasteiger partial charge in [-0.05, 0) is 41.1 Å². The Bertz CT molecular complexity index is 651. The summed E-state index contributed by atoms with van der Waals surface area (Å²) < 4.78 is 13.5. The molecule has 1 heterocycles. The number of rotatable bonds is 3. The van der Waals surface area contributed by atoms with Crippen molar-refractivity contribution in [1.29, 1.82) is 0 Å². The van der Waals surface area contributed by atoms with Crippen LogP contribution in [0.25, 0.3) is 0 Å². The molecule has 0 saturated carbocycles. The maximum absolute atomic E-state index is 13.0. The molecule has 0 unspecified atom stereocenters. The lowest BCUT2D eigenvalue weighted by Crippen LogP contribution is -2.03. The van der Waals surface area contributed by atoms with Gasteiger partial charge in [-0.1, -0.05) is 11.6 Å². The molecule has 7 heteroatoms. The first-order chi connectivity index (χ1) is 9.01. The van der Waals surface area contributed by atoms with Gasteiger partial charge in [0.05, 0.1) is 11.3 Å². The number of halogens is 3. The SMILES string of the molecule is Cc1nc(Cl)c(C=O)c(Nc2ccc(F)cc2Br)n1. The van der Waals surface area contributed by atoms with E-state index in [1.807, 2.05) is 0 Å². The van der Waals surface area contributed by atoms with E-state index in [1.54, 1.807) is 6.92 Å². The number of hydrogen-bond acceptors (Lipinski definition) is 4. The van der Waals surface area contributed by atoms with Gasteiger partial charge in [0.2, 0.25) is 0 Å². The lowest BCUT2D eigenvalue weighted by atomic mass is 10.3. The fraction of sp³-hybridized carbons (Fsp3) is 0.0833. The summed E-state index contributed by atoms with van der Waals surface area (Å²) in [6.07, 6.45) is 0.571. The van der Waals surface area contributed by atoms with Crippen molar-refractivity contribution in [1.82, 2.24) is 9.97 Å². The van der Waals surface area contributed by atoms with Gasteiger partial charge in [-0.3, -0.25) is 4.79 Å². The van der Waals surface area contributed by atoms with Crippen LogP contribution >= 0.6 is 27.5 Å². The van der Waals surface area contributed by atoms with E-state index >= 15 is 0 Å². The van der Waals surface area contributed by atoms with Gasteiger partial charge in [0.15, 0.2) is 6.29 Å². The molecule has 0 atom stereocenters. The minimum atomic E-state index is -0.370. The smallest absolute Gasteiger partial charge is 0.156 e. The highest BCUT2D eigenvalue weighted by atomic mass is 79.9. The van der Waals surface area contributed by atoms with Crippen LogP contribution < -0.4 is 5.32 Å². The van der Waals surface area contributed by atoms with Crippen LogP contribution in [0.3, 0.4) is 0 Å². The van der Waals surface area contributed by atoms with E-state index in [2.05, 4.69) is 31.2 Å². The molecule has 0 bridgehead atoms. The van der Waals surface area contributed by atoms with Crippen molar-refractivity contribution in [2.45, 2.75) is 6.92 Å². The Morgan fingerprint density at radius 3 is 2.79 bits per heavy atom. The fourth-order valence-corrected chi connectivity index (χ4v) is 2.17. The summed E-state index contributed by atoms with van der Waals surface area (Å²) in [6, 6.07) is 4.13. The number of anilines is 2. The third kappa shape index (κ3) is 3.08. The summed E-state index contributed by atoms with van der Waals surface area (Å²) in [5.74, 6) is 0.334. The van der Waals surface area contributed by atoms with Crippen LogP contribution in [0.15, 0.2) is 22.7 Å². The highest BCUT2D eigenvalue weighted by molar-refractivity contribution is 9.10. The van der Waals surface area contributed by atoms with Crippen LogP contribution in [0.1, 0.15) is 16.2 Å². The van der Waals surface area contributed by atoms with Gasteiger partial charge in [0, 0.05) is 4.47 Å². The third-order valence-corrected chi connectivity index (χ3v) is 3.26. The minimum absolute atomic E-state index is 0.0724. The van der Waals surface area contributed by atoms with Crippen LogP contribution in [0.5, 0.6) is 0 Å². The average Bonchev–Trinajstić information content (AvgIpc) is 2.32. The van der Waals surface area contributed by atoms with Crippen molar-refractivity contribution >= 4 is 45.3 Å². The summed E-state index contributed by atoms with van der Waals surface area (Å²) in [5, 5.41) is 2.99. The molecule has 1 N–H and O–H groups in total. The van der Waals surface area contributed by atoms with Crippen LogP contribution in [0.4, 0.5) is 15.9 Å². The minimum Gasteiger partial charge on any atom is -0.339 e. The molecule has 1 aromatic heterocycles. The number of carbonyl (C=O) groups excluding carboxylic acids is 1. The van der Waals surface area contributed by atoms with Gasteiger partial charge in [-0.15, -0.1) is 0 Å². The summed E-state index contributed by atoms with van der Waals surface area (Å²) in [5.41, 5.74) is 0.724. The van der Waals surface area contributed by atoms with Gasteiger partial charge in [0.25, 0.3) is 0 Å². The molecule has 0 radical (unpaired) electrons. The summed E-state index contributed by atoms with van der Waals surface area (Å²) in [7, 11) is 0. The fourth-order valence-electron chi connectivity index (χ4n) is 1.47. The molecule has 2 aromatic rings. The first-order valence-electron chi connectivity index (χ1n) is 5.22. The number of carbonyl (C=O) groups is 1. The second-order valence-electron chi connectivity index (χ2n) is 3.69. The number of aldehydes is 1. The van der Waals surface area contributed by atoms with Gasteiger partial charge < -0.3 is 5.32 Å².